The Hall–Kier alpha value is -1.84. The van der Waals surface area contributed by atoms with E-state index in [1.165, 1.54) is 6.92 Å². The van der Waals surface area contributed by atoms with Crippen molar-refractivity contribution in [3.8, 4) is 5.75 Å². The molecule has 0 saturated carbocycles. The van der Waals surface area contributed by atoms with E-state index in [4.69, 9.17) is 4.74 Å². The molecule has 82 valence electrons. The monoisotopic (exact) mass is 209 g/mol. The van der Waals surface area contributed by atoms with Gasteiger partial charge < -0.3 is 10.5 Å². The smallest absolute Gasteiger partial charge is 0.214 e. The summed E-state index contributed by atoms with van der Waals surface area (Å²) in [6, 6.07) is 7.09. The van der Waals surface area contributed by atoms with E-state index in [0.717, 1.165) is 12.0 Å². The quantitative estimate of drug-likeness (QED) is 0.765. The second kappa shape index (κ2) is 7.55. The number of nitrogens with two attached hydrogens (primary N) is 1. The minimum Gasteiger partial charge on any atom is -0.494 e. The first-order valence-corrected chi connectivity index (χ1v) is 4.54. The maximum Gasteiger partial charge on any atom is 0.214 e. The van der Waals surface area contributed by atoms with E-state index in [2.05, 4.69) is 5.73 Å². The highest BCUT2D eigenvalue weighted by Gasteiger charge is 1.92. The Morgan fingerprint density at radius 1 is 1.53 bits per heavy atom. The number of ether oxygens (including phenoxy) is 1. The zero-order valence-corrected chi connectivity index (χ0v) is 8.90. The Morgan fingerprint density at radius 2 is 2.13 bits per heavy atom. The molecule has 0 saturated heterocycles. The summed E-state index contributed by atoms with van der Waals surface area (Å²) < 4.78 is 5.19. The highest BCUT2D eigenvalue weighted by Crippen LogP contribution is 2.11. The Labute approximate surface area is 89.0 Å². The van der Waals surface area contributed by atoms with Crippen molar-refractivity contribution in [2.75, 3.05) is 6.61 Å². The van der Waals surface area contributed by atoms with Gasteiger partial charge in [-0.25, -0.2) is 0 Å². The average molecular weight is 209 g/mol. The first-order valence-electron chi connectivity index (χ1n) is 4.54. The molecule has 0 aliphatic heterocycles. The number of aldehydes is 1. The van der Waals surface area contributed by atoms with Crippen molar-refractivity contribution in [3.05, 3.63) is 29.8 Å². The van der Waals surface area contributed by atoms with Gasteiger partial charge in [-0.3, -0.25) is 9.59 Å². The normalized spacial score (nSPS) is 8.40. The van der Waals surface area contributed by atoms with Crippen LogP contribution < -0.4 is 10.5 Å². The van der Waals surface area contributed by atoms with Crippen LogP contribution in [0, 0.1) is 0 Å². The Kier molecular flexibility index (Phi) is 6.63. The molecule has 0 heterocycles. The standard InChI is InChI=1S/C9H10O2.C2H5NO/c1-2-11-9-5-3-4-8(6-9)7-10;1-2(3)4/h3-7H,2H2,1H3;1H3,(H2,3,4). The molecule has 0 spiro atoms. The Balaban J connectivity index is 0.000000423. The van der Waals surface area contributed by atoms with Crippen LogP contribution in [0.4, 0.5) is 0 Å². The van der Waals surface area contributed by atoms with Gasteiger partial charge in [-0.15, -0.1) is 0 Å². The third-order valence-corrected chi connectivity index (χ3v) is 1.31. The first-order chi connectivity index (χ1) is 7.10. The summed E-state index contributed by atoms with van der Waals surface area (Å²) in [6.45, 7) is 3.84. The fourth-order valence-electron chi connectivity index (χ4n) is 0.844. The fraction of sp³-hybridized carbons (Fsp3) is 0.273. The summed E-state index contributed by atoms with van der Waals surface area (Å²) in [4.78, 5) is 19.5. The van der Waals surface area contributed by atoms with E-state index in [9.17, 15) is 9.59 Å². The van der Waals surface area contributed by atoms with Gasteiger partial charge in [0.15, 0.2) is 0 Å². The number of benzene rings is 1. The van der Waals surface area contributed by atoms with Gasteiger partial charge in [0.25, 0.3) is 0 Å². The van der Waals surface area contributed by atoms with Crippen molar-refractivity contribution in [3.63, 3.8) is 0 Å². The number of carbonyl (C=O) groups excluding carboxylic acids is 2. The number of carbonyl (C=O) groups is 2. The molecule has 0 radical (unpaired) electrons. The van der Waals surface area contributed by atoms with E-state index < -0.39 is 0 Å². The number of amides is 1. The van der Waals surface area contributed by atoms with Gasteiger partial charge in [0.1, 0.15) is 12.0 Å². The molecule has 0 atom stereocenters. The van der Waals surface area contributed by atoms with Crippen molar-refractivity contribution in [2.24, 2.45) is 5.73 Å². The lowest BCUT2D eigenvalue weighted by molar-refractivity contribution is -0.115. The maximum absolute atomic E-state index is 10.3. The van der Waals surface area contributed by atoms with E-state index in [-0.39, 0.29) is 5.91 Å². The molecular weight excluding hydrogens is 194 g/mol. The van der Waals surface area contributed by atoms with Crippen LogP contribution in [0.15, 0.2) is 24.3 Å². The molecule has 4 nitrogen and oxygen atoms in total. The van der Waals surface area contributed by atoms with Gasteiger partial charge in [-0.1, -0.05) is 12.1 Å². The zero-order chi connectivity index (χ0) is 11.7. The summed E-state index contributed by atoms with van der Waals surface area (Å²) in [6.07, 6.45) is 0.808. The van der Waals surface area contributed by atoms with E-state index >= 15 is 0 Å². The van der Waals surface area contributed by atoms with Crippen molar-refractivity contribution in [1.29, 1.82) is 0 Å². The number of hydrogen-bond acceptors (Lipinski definition) is 3. The van der Waals surface area contributed by atoms with E-state index in [1.54, 1.807) is 18.2 Å². The number of hydrogen-bond donors (Lipinski definition) is 1. The van der Waals surface area contributed by atoms with Gasteiger partial charge in [0.2, 0.25) is 5.91 Å². The molecule has 0 fully saturated rings. The third kappa shape index (κ3) is 7.25. The summed E-state index contributed by atoms with van der Waals surface area (Å²) in [5, 5.41) is 0. The molecule has 0 unspecified atom stereocenters. The van der Waals surface area contributed by atoms with Gasteiger partial charge in [-0.2, -0.15) is 0 Å². The number of primary amides is 1. The van der Waals surface area contributed by atoms with Crippen molar-refractivity contribution >= 4 is 12.2 Å². The highest BCUT2D eigenvalue weighted by atomic mass is 16.5. The van der Waals surface area contributed by atoms with Crippen molar-refractivity contribution < 1.29 is 14.3 Å². The van der Waals surface area contributed by atoms with Crippen molar-refractivity contribution in [2.45, 2.75) is 13.8 Å². The van der Waals surface area contributed by atoms with Crippen LogP contribution in [0.3, 0.4) is 0 Å². The van der Waals surface area contributed by atoms with Gasteiger partial charge in [-0.05, 0) is 19.1 Å². The molecule has 1 aromatic rings. The molecule has 1 amide bonds. The van der Waals surface area contributed by atoms with Crippen LogP contribution in [0.5, 0.6) is 5.75 Å². The molecule has 4 heteroatoms. The summed E-state index contributed by atoms with van der Waals surface area (Å²) in [7, 11) is 0. The zero-order valence-electron chi connectivity index (χ0n) is 8.90. The minimum absolute atomic E-state index is 0.333. The summed E-state index contributed by atoms with van der Waals surface area (Å²) in [5.74, 6) is 0.414. The Morgan fingerprint density at radius 3 is 2.60 bits per heavy atom. The average Bonchev–Trinajstić information content (AvgIpc) is 2.18. The summed E-state index contributed by atoms with van der Waals surface area (Å²) in [5.41, 5.74) is 5.12. The lowest BCUT2D eigenvalue weighted by Crippen LogP contribution is -2.01. The van der Waals surface area contributed by atoms with Crippen LogP contribution >= 0.6 is 0 Å². The van der Waals surface area contributed by atoms with Crippen LogP contribution in [0.2, 0.25) is 0 Å². The summed E-state index contributed by atoms with van der Waals surface area (Å²) >= 11 is 0. The van der Waals surface area contributed by atoms with Gasteiger partial charge in [0.05, 0.1) is 6.61 Å². The highest BCUT2D eigenvalue weighted by molar-refractivity contribution is 5.75. The molecule has 0 aromatic heterocycles. The van der Waals surface area contributed by atoms with E-state index in [0.29, 0.717) is 12.2 Å². The Bertz CT molecular complexity index is 319. The fourth-order valence-corrected chi connectivity index (χ4v) is 0.844. The van der Waals surface area contributed by atoms with Gasteiger partial charge in [0, 0.05) is 12.5 Å². The van der Waals surface area contributed by atoms with Crippen molar-refractivity contribution in [1.82, 2.24) is 0 Å². The molecular formula is C11H15NO3. The predicted molar refractivity (Wildman–Crippen MR) is 57.9 cm³/mol. The topological polar surface area (TPSA) is 69.4 Å². The van der Waals surface area contributed by atoms with Crippen LogP contribution in [0.25, 0.3) is 0 Å². The lowest BCUT2D eigenvalue weighted by Gasteiger charge is -2.01. The molecule has 0 bridgehead atoms. The minimum atomic E-state index is -0.333. The second-order valence-electron chi connectivity index (χ2n) is 2.73. The molecule has 0 aliphatic rings. The molecule has 0 aliphatic carbocycles. The maximum atomic E-state index is 10.3. The van der Waals surface area contributed by atoms with Crippen LogP contribution in [0.1, 0.15) is 24.2 Å². The SMILES string of the molecule is CC(N)=O.CCOc1cccc(C=O)c1. The largest absolute Gasteiger partial charge is 0.494 e. The molecule has 1 rings (SSSR count). The lowest BCUT2D eigenvalue weighted by atomic mass is 10.2. The molecule has 2 N–H and O–H groups in total. The van der Waals surface area contributed by atoms with Crippen LogP contribution in [-0.4, -0.2) is 18.8 Å². The molecule has 1 aromatic carbocycles. The first kappa shape index (κ1) is 13.2. The third-order valence-electron chi connectivity index (χ3n) is 1.31. The van der Waals surface area contributed by atoms with Crippen LogP contribution in [-0.2, 0) is 4.79 Å². The predicted octanol–water partition coefficient (Wildman–Crippen LogP) is 1.39. The van der Waals surface area contributed by atoms with Gasteiger partial charge >= 0.3 is 0 Å². The number of rotatable bonds is 3. The second-order valence-corrected chi connectivity index (χ2v) is 2.73. The molecule has 15 heavy (non-hydrogen) atoms. The van der Waals surface area contributed by atoms with E-state index in [1.807, 2.05) is 13.0 Å².